The minimum atomic E-state index is 0.673. The van der Waals surface area contributed by atoms with E-state index in [9.17, 15) is 0 Å². The zero-order valence-corrected chi connectivity index (χ0v) is 8.96. The van der Waals surface area contributed by atoms with Gasteiger partial charge in [-0.2, -0.15) is 12.6 Å². The largest absolute Gasteiger partial charge is 0.258 e. The molecule has 0 aliphatic rings. The van der Waals surface area contributed by atoms with E-state index in [1.807, 2.05) is 6.20 Å². The molecule has 3 heteroatoms. The number of rotatable bonds is 2. The summed E-state index contributed by atoms with van der Waals surface area (Å²) in [4.78, 5) is 8.58. The molecule has 0 N–H and O–H groups in total. The predicted molar refractivity (Wildman–Crippen MR) is 61.6 cm³/mol. The first kappa shape index (κ1) is 9.46. The van der Waals surface area contributed by atoms with Crippen molar-refractivity contribution in [1.29, 1.82) is 0 Å². The van der Waals surface area contributed by atoms with Crippen molar-refractivity contribution in [2.75, 3.05) is 0 Å². The Morgan fingerprint density at radius 1 is 1.21 bits per heavy atom. The van der Waals surface area contributed by atoms with Crippen molar-refractivity contribution in [3.05, 3.63) is 35.8 Å². The molecule has 2 aromatic heterocycles. The van der Waals surface area contributed by atoms with Crippen molar-refractivity contribution >= 4 is 23.5 Å². The molecule has 2 nitrogen and oxygen atoms in total. The third kappa shape index (κ3) is 1.73. The molecule has 0 radical (unpaired) electrons. The third-order valence-electron chi connectivity index (χ3n) is 2.25. The number of aryl methyl sites for hydroxylation is 1. The minimum absolute atomic E-state index is 0.673. The summed E-state index contributed by atoms with van der Waals surface area (Å²) in [7, 11) is 0. The number of hydrogen-bond acceptors (Lipinski definition) is 3. The standard InChI is InChI=1S/C11H12N2S/c1-2-8-3-9-4-10(7-14)12-6-11(9)13-5-8/h3-6,14H,2,7H2,1H3. The molecule has 0 spiro atoms. The van der Waals surface area contributed by atoms with E-state index in [2.05, 4.69) is 41.7 Å². The first-order valence-electron chi connectivity index (χ1n) is 4.68. The zero-order valence-electron chi connectivity index (χ0n) is 8.07. The summed E-state index contributed by atoms with van der Waals surface area (Å²) >= 11 is 4.20. The van der Waals surface area contributed by atoms with E-state index in [0.717, 1.165) is 23.0 Å². The number of pyridine rings is 2. The lowest BCUT2D eigenvalue weighted by atomic mass is 10.1. The Hall–Kier alpha value is -1.09. The van der Waals surface area contributed by atoms with E-state index < -0.39 is 0 Å². The Kier molecular flexibility index (Phi) is 2.68. The average Bonchev–Trinajstić information content (AvgIpc) is 2.27. The first-order chi connectivity index (χ1) is 6.83. The van der Waals surface area contributed by atoms with E-state index in [1.165, 1.54) is 5.56 Å². The molecule has 2 heterocycles. The fraction of sp³-hybridized carbons (Fsp3) is 0.273. The fourth-order valence-corrected chi connectivity index (χ4v) is 1.57. The highest BCUT2D eigenvalue weighted by Gasteiger charge is 1.98. The quantitative estimate of drug-likeness (QED) is 0.761. The van der Waals surface area contributed by atoms with Gasteiger partial charge < -0.3 is 0 Å². The number of nitrogens with zero attached hydrogens (tertiary/aromatic N) is 2. The molecule has 14 heavy (non-hydrogen) atoms. The van der Waals surface area contributed by atoms with Gasteiger partial charge >= 0.3 is 0 Å². The van der Waals surface area contributed by atoms with E-state index in [4.69, 9.17) is 0 Å². The van der Waals surface area contributed by atoms with Crippen LogP contribution in [0.2, 0.25) is 0 Å². The van der Waals surface area contributed by atoms with Crippen LogP contribution in [0.4, 0.5) is 0 Å². The van der Waals surface area contributed by atoms with Crippen molar-refractivity contribution in [3.8, 4) is 0 Å². The van der Waals surface area contributed by atoms with Gasteiger partial charge in [0.25, 0.3) is 0 Å². The number of hydrogen-bond donors (Lipinski definition) is 1. The van der Waals surface area contributed by atoms with Gasteiger partial charge in [-0.05, 0) is 24.1 Å². The van der Waals surface area contributed by atoms with Gasteiger partial charge in [0.2, 0.25) is 0 Å². The van der Waals surface area contributed by atoms with Crippen molar-refractivity contribution in [2.45, 2.75) is 19.1 Å². The van der Waals surface area contributed by atoms with Crippen LogP contribution in [-0.2, 0) is 12.2 Å². The lowest BCUT2D eigenvalue weighted by molar-refractivity contribution is 1.11. The summed E-state index contributed by atoms with van der Waals surface area (Å²) in [6, 6.07) is 4.21. The second kappa shape index (κ2) is 3.96. The van der Waals surface area contributed by atoms with E-state index in [0.29, 0.717) is 5.75 Å². The smallest absolute Gasteiger partial charge is 0.0885 e. The normalized spacial score (nSPS) is 10.7. The maximum Gasteiger partial charge on any atom is 0.0885 e. The van der Waals surface area contributed by atoms with E-state index in [-0.39, 0.29) is 0 Å². The Balaban J connectivity index is 2.60. The van der Waals surface area contributed by atoms with Crippen LogP contribution in [0.25, 0.3) is 10.9 Å². The summed E-state index contributed by atoms with van der Waals surface area (Å²) in [6.45, 7) is 2.13. The van der Waals surface area contributed by atoms with Gasteiger partial charge in [0.1, 0.15) is 0 Å². The molecule has 2 rings (SSSR count). The van der Waals surface area contributed by atoms with Crippen molar-refractivity contribution < 1.29 is 0 Å². The van der Waals surface area contributed by atoms with Crippen LogP contribution in [0.1, 0.15) is 18.2 Å². The number of thiol groups is 1. The van der Waals surface area contributed by atoms with Gasteiger partial charge in [-0.15, -0.1) is 0 Å². The molecular formula is C11H12N2S. The molecular weight excluding hydrogens is 192 g/mol. The number of fused-ring (bicyclic) bond motifs is 1. The summed E-state index contributed by atoms with van der Waals surface area (Å²) in [6.07, 6.45) is 4.73. The lowest BCUT2D eigenvalue weighted by Gasteiger charge is -2.01. The highest BCUT2D eigenvalue weighted by Crippen LogP contribution is 2.14. The SMILES string of the molecule is CCc1cnc2cnc(CS)cc2c1. The van der Waals surface area contributed by atoms with Gasteiger partial charge in [0.05, 0.1) is 17.4 Å². The maximum absolute atomic E-state index is 4.34. The third-order valence-corrected chi connectivity index (χ3v) is 2.58. The molecule has 0 atom stereocenters. The minimum Gasteiger partial charge on any atom is -0.258 e. The van der Waals surface area contributed by atoms with Gasteiger partial charge in [0.15, 0.2) is 0 Å². The fourth-order valence-electron chi connectivity index (χ4n) is 1.40. The van der Waals surface area contributed by atoms with Crippen molar-refractivity contribution in [2.24, 2.45) is 0 Å². The van der Waals surface area contributed by atoms with Crippen LogP contribution in [-0.4, -0.2) is 9.97 Å². The monoisotopic (exact) mass is 204 g/mol. The predicted octanol–water partition coefficient (Wildman–Crippen LogP) is 2.62. The summed E-state index contributed by atoms with van der Waals surface area (Å²) in [5.74, 6) is 0.673. The molecule has 0 fully saturated rings. The molecule has 0 aliphatic heterocycles. The lowest BCUT2D eigenvalue weighted by Crippen LogP contribution is -1.89. The average molecular weight is 204 g/mol. The van der Waals surface area contributed by atoms with Crippen molar-refractivity contribution in [1.82, 2.24) is 9.97 Å². The maximum atomic E-state index is 4.34. The zero-order chi connectivity index (χ0) is 9.97. The highest BCUT2D eigenvalue weighted by molar-refractivity contribution is 7.79. The molecule has 0 unspecified atom stereocenters. The first-order valence-corrected chi connectivity index (χ1v) is 5.31. The molecule has 0 saturated carbocycles. The molecule has 0 aliphatic carbocycles. The van der Waals surface area contributed by atoms with Crippen LogP contribution in [0.15, 0.2) is 24.5 Å². The molecule has 0 amide bonds. The molecule has 0 bridgehead atoms. The second-order valence-corrected chi connectivity index (χ2v) is 3.54. The summed E-state index contributed by atoms with van der Waals surface area (Å²) < 4.78 is 0. The van der Waals surface area contributed by atoms with Gasteiger partial charge in [0, 0.05) is 17.3 Å². The topological polar surface area (TPSA) is 25.8 Å². The molecule has 0 saturated heterocycles. The van der Waals surface area contributed by atoms with Crippen LogP contribution >= 0.6 is 12.6 Å². The van der Waals surface area contributed by atoms with Gasteiger partial charge in [-0.1, -0.05) is 6.92 Å². The van der Waals surface area contributed by atoms with Crippen LogP contribution in [0.3, 0.4) is 0 Å². The van der Waals surface area contributed by atoms with E-state index in [1.54, 1.807) is 6.20 Å². The van der Waals surface area contributed by atoms with Gasteiger partial charge in [-0.25, -0.2) is 0 Å². The summed E-state index contributed by atoms with van der Waals surface area (Å²) in [5, 5.41) is 1.16. The van der Waals surface area contributed by atoms with E-state index >= 15 is 0 Å². The highest BCUT2D eigenvalue weighted by atomic mass is 32.1. The Morgan fingerprint density at radius 2 is 2.07 bits per heavy atom. The Labute approximate surface area is 88.8 Å². The van der Waals surface area contributed by atoms with Crippen LogP contribution < -0.4 is 0 Å². The van der Waals surface area contributed by atoms with Crippen LogP contribution in [0.5, 0.6) is 0 Å². The Bertz CT molecular complexity index is 415. The Morgan fingerprint density at radius 3 is 2.79 bits per heavy atom. The molecule has 2 aromatic rings. The second-order valence-electron chi connectivity index (χ2n) is 3.22. The van der Waals surface area contributed by atoms with Crippen LogP contribution in [0, 0.1) is 0 Å². The summed E-state index contributed by atoms with van der Waals surface area (Å²) in [5.41, 5.74) is 3.21. The van der Waals surface area contributed by atoms with Gasteiger partial charge in [-0.3, -0.25) is 9.97 Å². The molecule has 0 aromatic carbocycles. The number of aromatic nitrogens is 2. The van der Waals surface area contributed by atoms with Crippen molar-refractivity contribution in [3.63, 3.8) is 0 Å². The molecule has 72 valence electrons.